The molecule has 1 aliphatic heterocycles. The van der Waals surface area contributed by atoms with Gasteiger partial charge in [-0.3, -0.25) is 0 Å². The highest BCUT2D eigenvalue weighted by Crippen LogP contribution is 2.22. The van der Waals surface area contributed by atoms with Gasteiger partial charge in [-0.25, -0.2) is 9.97 Å². The van der Waals surface area contributed by atoms with Crippen molar-refractivity contribution in [3.05, 3.63) is 11.9 Å². The van der Waals surface area contributed by atoms with Crippen LogP contribution in [0.2, 0.25) is 0 Å². The molecule has 112 valence electrons. The summed E-state index contributed by atoms with van der Waals surface area (Å²) < 4.78 is 5.49. The van der Waals surface area contributed by atoms with Crippen LogP contribution in [-0.2, 0) is 0 Å². The summed E-state index contributed by atoms with van der Waals surface area (Å²) in [5.41, 5.74) is 0.998. The molecule has 0 aliphatic carbocycles. The van der Waals surface area contributed by atoms with Gasteiger partial charge in [0.2, 0.25) is 5.88 Å². The summed E-state index contributed by atoms with van der Waals surface area (Å²) in [4.78, 5) is 10.9. The van der Waals surface area contributed by atoms with Gasteiger partial charge < -0.3 is 15.0 Å². The molecule has 2 rings (SSSR count). The average Bonchev–Trinajstić information content (AvgIpc) is 2.45. The standard InChI is InChI=1S/C15H26N4O/c1-4-20-15-12(2)14(17-11-18-15)16-8-5-13-6-9-19(3)10-7-13/h11,13H,4-10H2,1-3H3,(H,16,17,18). The van der Waals surface area contributed by atoms with Crippen molar-refractivity contribution >= 4 is 5.82 Å². The predicted octanol–water partition coefficient (Wildman–Crippen LogP) is 2.33. The molecule has 1 fully saturated rings. The highest BCUT2D eigenvalue weighted by atomic mass is 16.5. The second-order valence-electron chi connectivity index (χ2n) is 5.55. The molecular formula is C15H26N4O. The Bertz CT molecular complexity index is 416. The first-order chi connectivity index (χ1) is 9.70. The largest absolute Gasteiger partial charge is 0.478 e. The van der Waals surface area contributed by atoms with Crippen molar-refractivity contribution < 1.29 is 4.74 Å². The lowest BCUT2D eigenvalue weighted by molar-refractivity contribution is 0.215. The summed E-state index contributed by atoms with van der Waals surface area (Å²) in [6, 6.07) is 0. The van der Waals surface area contributed by atoms with Crippen LogP contribution in [0.4, 0.5) is 5.82 Å². The Labute approximate surface area is 121 Å². The molecule has 0 saturated carbocycles. The minimum atomic E-state index is 0.632. The van der Waals surface area contributed by atoms with Gasteiger partial charge >= 0.3 is 0 Å². The van der Waals surface area contributed by atoms with Crippen LogP contribution in [0, 0.1) is 12.8 Å². The van der Waals surface area contributed by atoms with Gasteiger partial charge in [-0.15, -0.1) is 0 Å². The monoisotopic (exact) mass is 278 g/mol. The fourth-order valence-electron chi connectivity index (χ4n) is 2.64. The van der Waals surface area contributed by atoms with Gasteiger partial charge in [0.1, 0.15) is 12.1 Å². The third-order valence-corrected chi connectivity index (χ3v) is 4.00. The van der Waals surface area contributed by atoms with Crippen LogP contribution in [0.15, 0.2) is 6.33 Å². The Morgan fingerprint density at radius 3 is 2.80 bits per heavy atom. The van der Waals surface area contributed by atoms with Gasteiger partial charge in [-0.1, -0.05) is 0 Å². The van der Waals surface area contributed by atoms with E-state index >= 15 is 0 Å². The first kappa shape index (κ1) is 15.0. The second kappa shape index (κ2) is 7.43. The fraction of sp³-hybridized carbons (Fsp3) is 0.733. The lowest BCUT2D eigenvalue weighted by Crippen LogP contribution is -2.30. The maximum Gasteiger partial charge on any atom is 0.221 e. The van der Waals surface area contributed by atoms with E-state index in [0.717, 1.165) is 23.8 Å². The van der Waals surface area contributed by atoms with E-state index in [-0.39, 0.29) is 0 Å². The first-order valence-electron chi connectivity index (χ1n) is 7.57. The minimum absolute atomic E-state index is 0.632. The third kappa shape index (κ3) is 4.07. The smallest absolute Gasteiger partial charge is 0.221 e. The van der Waals surface area contributed by atoms with Crippen LogP contribution in [0.3, 0.4) is 0 Å². The number of hydrogen-bond acceptors (Lipinski definition) is 5. The van der Waals surface area contributed by atoms with Crippen molar-refractivity contribution in [3.63, 3.8) is 0 Å². The van der Waals surface area contributed by atoms with Crippen molar-refractivity contribution in [2.75, 3.05) is 38.6 Å². The number of ether oxygens (including phenoxy) is 1. The summed E-state index contributed by atoms with van der Waals surface area (Å²) in [5.74, 6) is 2.42. The number of rotatable bonds is 6. The number of nitrogens with zero attached hydrogens (tertiary/aromatic N) is 3. The molecule has 0 aromatic carbocycles. The Morgan fingerprint density at radius 2 is 2.10 bits per heavy atom. The van der Waals surface area contributed by atoms with Gasteiger partial charge in [0, 0.05) is 6.54 Å². The lowest BCUT2D eigenvalue weighted by atomic mass is 9.94. The van der Waals surface area contributed by atoms with E-state index in [4.69, 9.17) is 4.74 Å². The summed E-state index contributed by atoms with van der Waals surface area (Å²) in [7, 11) is 2.20. The van der Waals surface area contributed by atoms with E-state index in [1.807, 2.05) is 13.8 Å². The number of anilines is 1. The molecule has 1 saturated heterocycles. The quantitative estimate of drug-likeness (QED) is 0.865. The van der Waals surface area contributed by atoms with E-state index in [1.165, 1.54) is 32.4 Å². The van der Waals surface area contributed by atoms with Crippen LogP contribution in [0.1, 0.15) is 31.7 Å². The summed E-state index contributed by atoms with van der Waals surface area (Å²) in [6.07, 6.45) is 5.40. The van der Waals surface area contributed by atoms with Gasteiger partial charge in [-0.2, -0.15) is 0 Å². The molecule has 0 amide bonds. The lowest BCUT2D eigenvalue weighted by Gasteiger charge is -2.29. The highest BCUT2D eigenvalue weighted by molar-refractivity contribution is 5.47. The molecule has 1 aromatic heterocycles. The number of piperidine rings is 1. The molecule has 5 heteroatoms. The van der Waals surface area contributed by atoms with Gasteiger partial charge in [0.05, 0.1) is 12.2 Å². The first-order valence-corrected chi connectivity index (χ1v) is 7.57. The molecule has 1 aliphatic rings. The Kier molecular flexibility index (Phi) is 5.59. The van der Waals surface area contributed by atoms with E-state index < -0.39 is 0 Å². The molecule has 1 N–H and O–H groups in total. The Hall–Kier alpha value is -1.36. The number of nitrogens with one attached hydrogen (secondary N) is 1. The molecule has 0 unspecified atom stereocenters. The Balaban J connectivity index is 1.80. The van der Waals surface area contributed by atoms with E-state index in [0.29, 0.717) is 12.5 Å². The zero-order valence-corrected chi connectivity index (χ0v) is 12.9. The zero-order chi connectivity index (χ0) is 14.4. The fourth-order valence-corrected chi connectivity index (χ4v) is 2.64. The third-order valence-electron chi connectivity index (χ3n) is 4.00. The van der Waals surface area contributed by atoms with Gasteiger partial charge in [0.25, 0.3) is 0 Å². The van der Waals surface area contributed by atoms with E-state index in [1.54, 1.807) is 6.33 Å². The maximum atomic E-state index is 5.49. The SMILES string of the molecule is CCOc1ncnc(NCCC2CCN(C)CC2)c1C. The molecular weight excluding hydrogens is 252 g/mol. The average molecular weight is 278 g/mol. The van der Waals surface area contributed by atoms with Crippen LogP contribution >= 0.6 is 0 Å². The maximum absolute atomic E-state index is 5.49. The highest BCUT2D eigenvalue weighted by Gasteiger charge is 2.16. The molecule has 20 heavy (non-hydrogen) atoms. The summed E-state index contributed by atoms with van der Waals surface area (Å²) in [6.45, 7) is 8.03. The van der Waals surface area contributed by atoms with Crippen molar-refractivity contribution in [1.82, 2.24) is 14.9 Å². The summed E-state index contributed by atoms with van der Waals surface area (Å²) in [5, 5.41) is 3.43. The summed E-state index contributed by atoms with van der Waals surface area (Å²) >= 11 is 0. The second-order valence-corrected chi connectivity index (χ2v) is 5.55. The molecule has 0 radical (unpaired) electrons. The number of aromatic nitrogens is 2. The zero-order valence-electron chi connectivity index (χ0n) is 12.9. The van der Waals surface area contributed by atoms with Crippen LogP contribution in [0.25, 0.3) is 0 Å². The number of hydrogen-bond donors (Lipinski definition) is 1. The van der Waals surface area contributed by atoms with Crippen LogP contribution < -0.4 is 10.1 Å². The Morgan fingerprint density at radius 1 is 1.35 bits per heavy atom. The predicted molar refractivity (Wildman–Crippen MR) is 81.3 cm³/mol. The topological polar surface area (TPSA) is 50.3 Å². The number of likely N-dealkylation sites (tertiary alicyclic amines) is 1. The normalized spacial score (nSPS) is 17.1. The van der Waals surface area contributed by atoms with Gasteiger partial charge in [-0.05, 0) is 59.2 Å². The van der Waals surface area contributed by atoms with Gasteiger partial charge in [0.15, 0.2) is 0 Å². The van der Waals surface area contributed by atoms with Crippen molar-refractivity contribution in [2.24, 2.45) is 5.92 Å². The molecule has 1 aromatic rings. The van der Waals surface area contributed by atoms with Crippen molar-refractivity contribution in [1.29, 1.82) is 0 Å². The molecule has 0 spiro atoms. The molecule has 0 atom stereocenters. The molecule has 5 nitrogen and oxygen atoms in total. The van der Waals surface area contributed by atoms with Crippen molar-refractivity contribution in [2.45, 2.75) is 33.1 Å². The van der Waals surface area contributed by atoms with Crippen LogP contribution in [-0.4, -0.2) is 48.2 Å². The van der Waals surface area contributed by atoms with E-state index in [9.17, 15) is 0 Å². The van der Waals surface area contributed by atoms with Crippen LogP contribution in [0.5, 0.6) is 5.88 Å². The van der Waals surface area contributed by atoms with E-state index in [2.05, 4.69) is 27.2 Å². The minimum Gasteiger partial charge on any atom is -0.478 e. The van der Waals surface area contributed by atoms with Crippen molar-refractivity contribution in [3.8, 4) is 5.88 Å². The molecule has 2 heterocycles. The molecule has 0 bridgehead atoms.